The average molecular weight is 449 g/mol. The van der Waals surface area contributed by atoms with Gasteiger partial charge in [-0.15, -0.1) is 0 Å². The molecule has 2 aromatic rings. The Morgan fingerprint density at radius 2 is 1.61 bits per heavy atom. The molecule has 0 bridgehead atoms. The first-order valence-corrected chi connectivity index (χ1v) is 12.1. The van der Waals surface area contributed by atoms with E-state index in [2.05, 4.69) is 39.4 Å². The quantitative estimate of drug-likeness (QED) is 0.639. The number of benzene rings is 2. The number of rotatable bonds is 9. The molecular formula is C27H36N4O2. The molecule has 1 aliphatic heterocycles. The Labute approximate surface area is 197 Å². The van der Waals surface area contributed by atoms with E-state index in [1.807, 2.05) is 43.0 Å². The lowest BCUT2D eigenvalue weighted by molar-refractivity contribution is -0.133. The van der Waals surface area contributed by atoms with Gasteiger partial charge in [0.2, 0.25) is 11.8 Å². The molecule has 6 heteroatoms. The van der Waals surface area contributed by atoms with Gasteiger partial charge in [-0.3, -0.25) is 19.4 Å². The normalized spacial score (nSPS) is 16.8. The van der Waals surface area contributed by atoms with E-state index in [0.29, 0.717) is 25.6 Å². The largest absolute Gasteiger partial charge is 0.340 e. The lowest BCUT2D eigenvalue weighted by Crippen LogP contribution is -2.49. The third kappa shape index (κ3) is 6.65. The fourth-order valence-electron chi connectivity index (χ4n) is 4.60. The van der Waals surface area contributed by atoms with Gasteiger partial charge in [0.15, 0.2) is 0 Å². The van der Waals surface area contributed by atoms with E-state index in [1.54, 1.807) is 0 Å². The minimum absolute atomic E-state index is 0.00118. The van der Waals surface area contributed by atoms with Crippen LogP contribution in [0.25, 0.3) is 0 Å². The summed E-state index contributed by atoms with van der Waals surface area (Å²) in [6, 6.07) is 17.0. The van der Waals surface area contributed by atoms with Crippen LogP contribution in [0.5, 0.6) is 0 Å². The van der Waals surface area contributed by atoms with Gasteiger partial charge in [-0.05, 0) is 43.4 Å². The van der Waals surface area contributed by atoms with Gasteiger partial charge in [0.1, 0.15) is 0 Å². The molecule has 0 unspecified atom stereocenters. The van der Waals surface area contributed by atoms with Crippen LogP contribution in [0.1, 0.15) is 36.0 Å². The topological polar surface area (TPSA) is 55.9 Å². The molecule has 33 heavy (non-hydrogen) atoms. The van der Waals surface area contributed by atoms with Crippen LogP contribution < -0.4 is 5.32 Å². The molecular weight excluding hydrogens is 412 g/mol. The minimum Gasteiger partial charge on any atom is -0.340 e. The maximum atomic E-state index is 12.9. The number of carbonyl (C=O) groups excluding carboxylic acids is 2. The number of nitrogens with one attached hydrogen (secondary N) is 1. The molecule has 0 atom stereocenters. The van der Waals surface area contributed by atoms with Crippen molar-refractivity contribution in [1.82, 2.24) is 14.7 Å². The maximum Gasteiger partial charge on any atom is 0.238 e. The molecule has 1 saturated heterocycles. The lowest BCUT2D eigenvalue weighted by atomic mass is 10.1. The smallest absolute Gasteiger partial charge is 0.238 e. The Balaban J connectivity index is 1.22. The van der Waals surface area contributed by atoms with Crippen molar-refractivity contribution < 1.29 is 9.59 Å². The van der Waals surface area contributed by atoms with Crippen LogP contribution in [0.4, 0.5) is 5.69 Å². The van der Waals surface area contributed by atoms with E-state index in [4.69, 9.17) is 0 Å². The van der Waals surface area contributed by atoms with E-state index < -0.39 is 0 Å². The number of hydrogen-bond acceptors (Lipinski definition) is 4. The molecule has 2 aliphatic rings. The van der Waals surface area contributed by atoms with Crippen LogP contribution in [-0.2, 0) is 16.1 Å². The molecule has 1 N–H and O–H groups in total. The fourth-order valence-corrected chi connectivity index (χ4v) is 4.60. The van der Waals surface area contributed by atoms with Crippen molar-refractivity contribution >= 4 is 17.5 Å². The molecule has 1 aliphatic carbocycles. The predicted molar refractivity (Wildman–Crippen MR) is 132 cm³/mol. The highest BCUT2D eigenvalue weighted by atomic mass is 16.2. The number of nitrogens with zero attached hydrogens (tertiary/aromatic N) is 3. The lowest BCUT2D eigenvalue weighted by Gasteiger charge is -2.35. The van der Waals surface area contributed by atoms with Crippen molar-refractivity contribution in [2.24, 2.45) is 0 Å². The summed E-state index contributed by atoms with van der Waals surface area (Å²) in [7, 11) is 0. The molecule has 4 rings (SSSR count). The number of anilines is 1. The molecule has 6 nitrogen and oxygen atoms in total. The predicted octanol–water partition coefficient (Wildman–Crippen LogP) is 3.44. The van der Waals surface area contributed by atoms with E-state index in [-0.39, 0.29) is 11.8 Å². The zero-order valence-electron chi connectivity index (χ0n) is 19.9. The van der Waals surface area contributed by atoms with Crippen molar-refractivity contribution in [3.05, 3.63) is 65.2 Å². The Morgan fingerprint density at radius 3 is 2.24 bits per heavy atom. The summed E-state index contributed by atoms with van der Waals surface area (Å²) in [5.41, 5.74) is 4.37. The van der Waals surface area contributed by atoms with Gasteiger partial charge in [0.05, 0.1) is 6.54 Å². The first kappa shape index (κ1) is 23.5. The Morgan fingerprint density at radius 1 is 0.939 bits per heavy atom. The van der Waals surface area contributed by atoms with Crippen molar-refractivity contribution in [1.29, 1.82) is 0 Å². The number of carbonyl (C=O) groups is 2. The van der Waals surface area contributed by atoms with Crippen LogP contribution in [0.2, 0.25) is 0 Å². The highest BCUT2D eigenvalue weighted by molar-refractivity contribution is 5.93. The van der Waals surface area contributed by atoms with Crippen LogP contribution in [-0.4, -0.2) is 71.8 Å². The first-order valence-electron chi connectivity index (χ1n) is 12.1. The number of amides is 2. The van der Waals surface area contributed by atoms with Crippen LogP contribution in [0.15, 0.2) is 48.5 Å². The Kier molecular flexibility index (Phi) is 7.78. The number of aryl methyl sites for hydroxylation is 2. The number of para-hydroxylation sites is 1. The molecule has 2 amide bonds. The molecule has 0 radical (unpaired) electrons. The van der Waals surface area contributed by atoms with Crippen molar-refractivity contribution in [2.45, 2.75) is 45.7 Å². The van der Waals surface area contributed by atoms with Gasteiger partial charge in [0.25, 0.3) is 0 Å². The summed E-state index contributed by atoms with van der Waals surface area (Å²) in [6.45, 7) is 9.33. The SMILES string of the molecule is Cc1cccc(C)c1NC(=O)CN(CCC(=O)N1CCN(Cc2ccccc2)CC1)C1CC1. The first-order chi connectivity index (χ1) is 16.0. The van der Waals surface area contributed by atoms with Gasteiger partial charge >= 0.3 is 0 Å². The second kappa shape index (κ2) is 10.9. The van der Waals surface area contributed by atoms with Crippen molar-refractivity contribution in [3.63, 3.8) is 0 Å². The monoisotopic (exact) mass is 448 g/mol. The average Bonchev–Trinajstić information content (AvgIpc) is 3.66. The molecule has 2 aromatic carbocycles. The summed E-state index contributed by atoms with van der Waals surface area (Å²) in [4.78, 5) is 32.2. The summed E-state index contributed by atoms with van der Waals surface area (Å²) >= 11 is 0. The summed E-state index contributed by atoms with van der Waals surface area (Å²) < 4.78 is 0. The molecule has 1 heterocycles. The Bertz CT molecular complexity index is 930. The third-order valence-electron chi connectivity index (χ3n) is 6.74. The third-order valence-corrected chi connectivity index (χ3v) is 6.74. The second-order valence-corrected chi connectivity index (χ2v) is 9.41. The van der Waals surface area contributed by atoms with E-state index in [1.165, 1.54) is 5.56 Å². The van der Waals surface area contributed by atoms with Gasteiger partial charge in [0, 0.05) is 57.4 Å². The van der Waals surface area contributed by atoms with Gasteiger partial charge in [-0.25, -0.2) is 0 Å². The fraction of sp³-hybridized carbons (Fsp3) is 0.481. The van der Waals surface area contributed by atoms with Gasteiger partial charge in [-0.1, -0.05) is 48.5 Å². The number of hydrogen-bond donors (Lipinski definition) is 1. The molecule has 0 aromatic heterocycles. The highest BCUT2D eigenvalue weighted by Crippen LogP contribution is 2.27. The van der Waals surface area contributed by atoms with Gasteiger partial charge in [-0.2, -0.15) is 0 Å². The summed E-state index contributed by atoms with van der Waals surface area (Å²) in [5.74, 6) is 0.205. The Hall–Kier alpha value is -2.70. The zero-order chi connectivity index (χ0) is 23.2. The highest BCUT2D eigenvalue weighted by Gasteiger charge is 2.31. The molecule has 2 fully saturated rings. The molecule has 176 valence electrons. The summed E-state index contributed by atoms with van der Waals surface area (Å²) in [6.07, 6.45) is 2.71. The van der Waals surface area contributed by atoms with Crippen LogP contribution >= 0.6 is 0 Å². The van der Waals surface area contributed by atoms with Crippen LogP contribution in [0.3, 0.4) is 0 Å². The van der Waals surface area contributed by atoms with Crippen molar-refractivity contribution in [3.8, 4) is 0 Å². The molecule has 0 spiro atoms. The van der Waals surface area contributed by atoms with Crippen molar-refractivity contribution in [2.75, 3.05) is 44.6 Å². The molecule has 1 saturated carbocycles. The van der Waals surface area contributed by atoms with Crippen LogP contribution in [0, 0.1) is 13.8 Å². The summed E-state index contributed by atoms with van der Waals surface area (Å²) in [5, 5.41) is 3.09. The number of piperazine rings is 1. The second-order valence-electron chi connectivity index (χ2n) is 9.41. The van der Waals surface area contributed by atoms with Gasteiger partial charge < -0.3 is 10.2 Å². The zero-order valence-corrected chi connectivity index (χ0v) is 19.9. The van der Waals surface area contributed by atoms with E-state index >= 15 is 0 Å². The standard InChI is InChI=1S/C27H36N4O2/c1-21-7-6-8-22(2)27(21)28-25(32)20-31(24-11-12-24)14-13-26(33)30-17-15-29(16-18-30)19-23-9-4-3-5-10-23/h3-10,24H,11-20H2,1-2H3,(H,28,32). The minimum atomic E-state index is 0.00118. The maximum absolute atomic E-state index is 12.9. The van der Waals surface area contributed by atoms with E-state index in [0.717, 1.165) is 62.4 Å². The van der Waals surface area contributed by atoms with E-state index in [9.17, 15) is 9.59 Å².